The number of carbonyl (C=O) groups is 3. The zero-order chi connectivity index (χ0) is 19.1. The maximum absolute atomic E-state index is 12.8. The Bertz CT molecular complexity index is 791. The monoisotopic (exact) mass is 359 g/mol. The molecule has 7 nitrogen and oxygen atoms in total. The van der Waals surface area contributed by atoms with E-state index >= 15 is 0 Å². The van der Waals surface area contributed by atoms with E-state index in [0.717, 1.165) is 4.90 Å². The van der Waals surface area contributed by atoms with Crippen LogP contribution in [-0.4, -0.2) is 42.9 Å². The Morgan fingerprint density at radius 2 is 1.69 bits per heavy atom. The molecule has 0 aliphatic heterocycles. The first-order valence-corrected chi connectivity index (χ1v) is 7.67. The van der Waals surface area contributed by atoms with Crippen molar-refractivity contribution in [3.05, 3.63) is 59.9 Å². The van der Waals surface area contributed by atoms with E-state index in [1.54, 1.807) is 12.1 Å². The van der Waals surface area contributed by atoms with E-state index in [1.807, 2.05) is 0 Å². The highest BCUT2D eigenvalue weighted by Gasteiger charge is 2.16. The Kier molecular flexibility index (Phi) is 6.26. The van der Waals surface area contributed by atoms with Crippen molar-refractivity contribution in [2.24, 2.45) is 0 Å². The molecule has 136 valence electrons. The van der Waals surface area contributed by atoms with E-state index in [-0.39, 0.29) is 12.1 Å². The average molecular weight is 359 g/mol. The largest absolute Gasteiger partial charge is 0.452 e. The molecule has 0 heterocycles. The number of ether oxygens (including phenoxy) is 1. The molecule has 2 aromatic rings. The van der Waals surface area contributed by atoms with Crippen molar-refractivity contribution in [2.75, 3.05) is 31.2 Å². The van der Waals surface area contributed by atoms with Crippen LogP contribution in [0, 0.1) is 5.82 Å². The summed E-state index contributed by atoms with van der Waals surface area (Å²) in [4.78, 5) is 36.8. The van der Waals surface area contributed by atoms with E-state index in [9.17, 15) is 18.8 Å². The van der Waals surface area contributed by atoms with Crippen LogP contribution in [0.2, 0.25) is 0 Å². The molecule has 8 heteroatoms. The number of hydrogen-bond donors (Lipinski definition) is 2. The fourth-order valence-corrected chi connectivity index (χ4v) is 1.98. The van der Waals surface area contributed by atoms with Gasteiger partial charge in [0, 0.05) is 18.4 Å². The molecule has 0 bridgehead atoms. The third-order valence-corrected chi connectivity index (χ3v) is 3.41. The van der Waals surface area contributed by atoms with Crippen molar-refractivity contribution < 1.29 is 23.5 Å². The van der Waals surface area contributed by atoms with Crippen LogP contribution >= 0.6 is 0 Å². The molecule has 0 aliphatic rings. The molecule has 0 aliphatic carbocycles. The molecule has 0 unspecified atom stereocenters. The standard InChI is InChI=1S/C18H18FN3O4/c1-22(10-16(23)21-15-8-4-13(19)5-9-15)17(24)11-26-18(25)12-2-6-14(20)7-3-12/h2-9H,10-11,20H2,1H3,(H,21,23). The predicted molar refractivity (Wildman–Crippen MR) is 93.8 cm³/mol. The molecular formula is C18H18FN3O4. The van der Waals surface area contributed by atoms with E-state index in [1.165, 1.54) is 43.4 Å². The van der Waals surface area contributed by atoms with E-state index in [4.69, 9.17) is 10.5 Å². The number of nitrogens with one attached hydrogen (secondary N) is 1. The van der Waals surface area contributed by atoms with Crippen LogP contribution in [0.1, 0.15) is 10.4 Å². The number of carbonyl (C=O) groups excluding carboxylic acids is 3. The van der Waals surface area contributed by atoms with Crippen LogP contribution in [0.4, 0.5) is 15.8 Å². The van der Waals surface area contributed by atoms with Crippen molar-refractivity contribution in [1.82, 2.24) is 4.90 Å². The quantitative estimate of drug-likeness (QED) is 0.603. The zero-order valence-electron chi connectivity index (χ0n) is 14.1. The van der Waals surface area contributed by atoms with Gasteiger partial charge in [-0.2, -0.15) is 0 Å². The minimum atomic E-state index is -0.664. The topological polar surface area (TPSA) is 102 Å². The summed E-state index contributed by atoms with van der Waals surface area (Å²) in [5.41, 5.74) is 6.71. The summed E-state index contributed by atoms with van der Waals surface area (Å²) in [6, 6.07) is 11.3. The van der Waals surface area contributed by atoms with E-state index in [0.29, 0.717) is 11.4 Å². The number of nitrogen functional groups attached to an aromatic ring is 1. The van der Waals surface area contributed by atoms with Crippen LogP contribution in [0.3, 0.4) is 0 Å². The molecule has 0 aromatic heterocycles. The van der Waals surface area contributed by atoms with Gasteiger partial charge in [-0.25, -0.2) is 9.18 Å². The highest BCUT2D eigenvalue weighted by Crippen LogP contribution is 2.09. The molecule has 0 saturated heterocycles. The number of anilines is 2. The van der Waals surface area contributed by atoms with Gasteiger partial charge in [0.05, 0.1) is 12.1 Å². The van der Waals surface area contributed by atoms with Crippen LogP contribution in [0.5, 0.6) is 0 Å². The number of nitrogens with two attached hydrogens (primary N) is 1. The summed E-state index contributed by atoms with van der Waals surface area (Å²) in [6.07, 6.45) is 0. The molecule has 3 N–H and O–H groups in total. The minimum absolute atomic E-state index is 0.240. The van der Waals surface area contributed by atoms with Gasteiger partial charge >= 0.3 is 5.97 Å². The van der Waals surface area contributed by atoms with Gasteiger partial charge in [-0.15, -0.1) is 0 Å². The van der Waals surface area contributed by atoms with Gasteiger partial charge in [-0.05, 0) is 48.5 Å². The van der Waals surface area contributed by atoms with E-state index in [2.05, 4.69) is 5.32 Å². The lowest BCUT2D eigenvalue weighted by Crippen LogP contribution is -2.37. The molecule has 0 radical (unpaired) electrons. The lowest BCUT2D eigenvalue weighted by molar-refractivity contribution is -0.136. The smallest absolute Gasteiger partial charge is 0.338 e. The maximum atomic E-state index is 12.8. The number of nitrogens with zero attached hydrogens (tertiary/aromatic N) is 1. The predicted octanol–water partition coefficient (Wildman–Crippen LogP) is 1.66. The van der Waals surface area contributed by atoms with Crippen molar-refractivity contribution in [3.63, 3.8) is 0 Å². The lowest BCUT2D eigenvalue weighted by Gasteiger charge is -2.16. The lowest BCUT2D eigenvalue weighted by atomic mass is 10.2. The molecule has 0 fully saturated rings. The van der Waals surface area contributed by atoms with Gasteiger partial charge in [0.1, 0.15) is 5.82 Å². The fraction of sp³-hybridized carbons (Fsp3) is 0.167. The molecule has 0 saturated carbocycles. The van der Waals surface area contributed by atoms with Crippen molar-refractivity contribution >= 4 is 29.2 Å². The Balaban J connectivity index is 1.79. The first-order valence-electron chi connectivity index (χ1n) is 7.67. The maximum Gasteiger partial charge on any atom is 0.338 e. The second-order valence-corrected chi connectivity index (χ2v) is 5.50. The molecule has 0 spiro atoms. The third-order valence-electron chi connectivity index (χ3n) is 3.41. The van der Waals surface area contributed by atoms with Gasteiger partial charge in [-0.1, -0.05) is 0 Å². The fourth-order valence-electron chi connectivity index (χ4n) is 1.98. The first kappa shape index (κ1) is 18.9. The normalized spacial score (nSPS) is 10.1. The summed E-state index contributed by atoms with van der Waals surface area (Å²) in [5.74, 6) is -2.08. The molecule has 26 heavy (non-hydrogen) atoms. The third kappa shape index (κ3) is 5.59. The summed E-state index contributed by atoms with van der Waals surface area (Å²) in [7, 11) is 1.41. The average Bonchev–Trinajstić information content (AvgIpc) is 2.61. The number of amides is 2. The number of rotatable bonds is 6. The Morgan fingerprint density at radius 1 is 1.08 bits per heavy atom. The van der Waals surface area contributed by atoms with Gasteiger partial charge in [0.25, 0.3) is 5.91 Å². The van der Waals surface area contributed by atoms with Crippen molar-refractivity contribution in [2.45, 2.75) is 0 Å². The summed E-state index contributed by atoms with van der Waals surface area (Å²) in [5, 5.41) is 2.53. The number of hydrogen-bond acceptors (Lipinski definition) is 5. The first-order chi connectivity index (χ1) is 12.3. The van der Waals surface area contributed by atoms with Gasteiger partial charge < -0.3 is 20.7 Å². The SMILES string of the molecule is CN(CC(=O)Nc1ccc(F)cc1)C(=O)COC(=O)c1ccc(N)cc1. The Morgan fingerprint density at radius 3 is 2.31 bits per heavy atom. The van der Waals surface area contributed by atoms with Gasteiger partial charge in [-0.3, -0.25) is 9.59 Å². The van der Waals surface area contributed by atoms with Crippen LogP contribution in [0.15, 0.2) is 48.5 Å². The van der Waals surface area contributed by atoms with Crippen molar-refractivity contribution in [1.29, 1.82) is 0 Å². The van der Waals surface area contributed by atoms with Gasteiger partial charge in [0.2, 0.25) is 5.91 Å². The summed E-state index contributed by atoms with van der Waals surface area (Å²) in [6.45, 7) is -0.737. The molecule has 0 atom stereocenters. The summed E-state index contributed by atoms with van der Waals surface area (Å²) < 4.78 is 17.7. The van der Waals surface area contributed by atoms with E-state index < -0.39 is 30.2 Å². The Labute approximate surface area is 149 Å². The molecule has 2 rings (SSSR count). The number of likely N-dealkylation sites (N-methyl/N-ethyl adjacent to an activating group) is 1. The second kappa shape index (κ2) is 8.61. The highest BCUT2D eigenvalue weighted by atomic mass is 19.1. The van der Waals surface area contributed by atoms with Crippen LogP contribution < -0.4 is 11.1 Å². The van der Waals surface area contributed by atoms with Crippen LogP contribution in [-0.2, 0) is 14.3 Å². The number of halogens is 1. The number of benzene rings is 2. The molecule has 2 amide bonds. The highest BCUT2D eigenvalue weighted by molar-refractivity contribution is 5.95. The summed E-state index contributed by atoms with van der Waals surface area (Å²) >= 11 is 0. The molecule has 2 aromatic carbocycles. The number of esters is 1. The zero-order valence-corrected chi connectivity index (χ0v) is 14.1. The van der Waals surface area contributed by atoms with Gasteiger partial charge in [0.15, 0.2) is 6.61 Å². The molecular weight excluding hydrogens is 341 g/mol. The minimum Gasteiger partial charge on any atom is -0.452 e. The van der Waals surface area contributed by atoms with Crippen molar-refractivity contribution in [3.8, 4) is 0 Å². The van der Waals surface area contributed by atoms with Crippen LogP contribution in [0.25, 0.3) is 0 Å². The Hall–Kier alpha value is -3.42. The second-order valence-electron chi connectivity index (χ2n) is 5.50.